The number of carbonyl (C=O) groups is 1. The van der Waals surface area contributed by atoms with Gasteiger partial charge in [0.15, 0.2) is 0 Å². The summed E-state index contributed by atoms with van der Waals surface area (Å²) >= 11 is 0. The number of aliphatic carboxylic acids is 1. The molecule has 1 fully saturated rings. The molecule has 1 saturated heterocycles. The maximum absolute atomic E-state index is 12.1. The summed E-state index contributed by atoms with van der Waals surface area (Å²) in [6.45, 7) is 8.45. The highest BCUT2D eigenvalue weighted by Crippen LogP contribution is 2.41. The van der Waals surface area contributed by atoms with E-state index < -0.39 is 11.4 Å². The van der Waals surface area contributed by atoms with E-state index in [1.807, 2.05) is 49.4 Å². The molecule has 3 unspecified atom stereocenters. The van der Waals surface area contributed by atoms with E-state index in [9.17, 15) is 15.0 Å². The Kier molecular flexibility index (Phi) is 5.29. The molecule has 3 rings (SSSR count). The van der Waals surface area contributed by atoms with Crippen LogP contribution in [0.25, 0.3) is 0 Å². The first kappa shape index (κ1) is 19.4. The molecule has 0 amide bonds. The summed E-state index contributed by atoms with van der Waals surface area (Å²) in [5.74, 6) is -0.143. The van der Waals surface area contributed by atoms with Gasteiger partial charge in [0.05, 0.1) is 0 Å². The van der Waals surface area contributed by atoms with Crippen molar-refractivity contribution in [3.8, 4) is 5.75 Å². The van der Waals surface area contributed by atoms with E-state index in [1.165, 1.54) is 0 Å². The number of aromatic hydroxyl groups is 1. The van der Waals surface area contributed by atoms with Gasteiger partial charge in [-0.25, -0.2) is 0 Å². The summed E-state index contributed by atoms with van der Waals surface area (Å²) < 4.78 is 0. The molecule has 1 aliphatic heterocycles. The van der Waals surface area contributed by atoms with Gasteiger partial charge in [0.1, 0.15) is 11.2 Å². The van der Waals surface area contributed by atoms with Crippen molar-refractivity contribution in [2.75, 3.05) is 19.6 Å². The number of piperidine rings is 1. The van der Waals surface area contributed by atoms with Crippen LogP contribution in [0.2, 0.25) is 0 Å². The molecule has 0 aromatic heterocycles. The SMILES string of the molecule is CC1CN(CC(C)(C(=O)O)c2ccccc2)CCC1(C)c1cccc(O)c1. The van der Waals surface area contributed by atoms with Crippen LogP contribution >= 0.6 is 0 Å². The number of carboxylic acids is 1. The van der Waals surface area contributed by atoms with Gasteiger partial charge in [-0.2, -0.15) is 0 Å². The molecule has 0 bridgehead atoms. The number of benzene rings is 2. The molecule has 2 aromatic rings. The molecule has 0 spiro atoms. The average molecular weight is 367 g/mol. The first-order valence-corrected chi connectivity index (χ1v) is 9.56. The fraction of sp³-hybridized carbons (Fsp3) is 0.435. The molecule has 4 heteroatoms. The van der Waals surface area contributed by atoms with Crippen LogP contribution in [0, 0.1) is 5.92 Å². The van der Waals surface area contributed by atoms with Gasteiger partial charge in [0, 0.05) is 13.1 Å². The summed E-state index contributed by atoms with van der Waals surface area (Å²) in [7, 11) is 0. The molecule has 0 aliphatic carbocycles. The van der Waals surface area contributed by atoms with E-state index in [2.05, 4.69) is 24.8 Å². The van der Waals surface area contributed by atoms with Gasteiger partial charge in [0.25, 0.3) is 0 Å². The fourth-order valence-corrected chi connectivity index (χ4v) is 4.29. The quantitative estimate of drug-likeness (QED) is 0.837. The Morgan fingerprint density at radius 1 is 1.22 bits per heavy atom. The van der Waals surface area contributed by atoms with Crippen molar-refractivity contribution in [3.05, 3.63) is 65.7 Å². The number of likely N-dealkylation sites (tertiary alicyclic amines) is 1. The van der Waals surface area contributed by atoms with E-state index in [0.717, 1.165) is 30.6 Å². The lowest BCUT2D eigenvalue weighted by Crippen LogP contribution is -2.52. The summed E-state index contributed by atoms with van der Waals surface area (Å²) in [5, 5.41) is 19.8. The van der Waals surface area contributed by atoms with Crippen LogP contribution in [-0.2, 0) is 15.6 Å². The van der Waals surface area contributed by atoms with Crippen LogP contribution in [0.5, 0.6) is 5.75 Å². The maximum Gasteiger partial charge on any atom is 0.315 e. The monoisotopic (exact) mass is 367 g/mol. The van der Waals surface area contributed by atoms with Gasteiger partial charge >= 0.3 is 5.97 Å². The average Bonchev–Trinajstić information content (AvgIpc) is 2.65. The number of phenolic OH excluding ortho intramolecular Hbond substituents is 1. The van der Waals surface area contributed by atoms with Crippen molar-refractivity contribution in [1.82, 2.24) is 4.90 Å². The van der Waals surface area contributed by atoms with Gasteiger partial charge in [-0.1, -0.05) is 56.3 Å². The predicted molar refractivity (Wildman–Crippen MR) is 107 cm³/mol. The molecule has 4 nitrogen and oxygen atoms in total. The lowest BCUT2D eigenvalue weighted by atomic mass is 9.67. The van der Waals surface area contributed by atoms with E-state index >= 15 is 0 Å². The smallest absolute Gasteiger partial charge is 0.315 e. The van der Waals surface area contributed by atoms with Gasteiger partial charge in [-0.3, -0.25) is 4.79 Å². The number of nitrogens with zero attached hydrogens (tertiary/aromatic N) is 1. The minimum atomic E-state index is -0.931. The summed E-state index contributed by atoms with van der Waals surface area (Å²) in [6, 6.07) is 17.0. The van der Waals surface area contributed by atoms with Crippen LogP contribution in [-0.4, -0.2) is 40.7 Å². The Balaban J connectivity index is 1.78. The Morgan fingerprint density at radius 3 is 2.52 bits per heavy atom. The van der Waals surface area contributed by atoms with Crippen molar-refractivity contribution in [2.45, 2.75) is 38.0 Å². The largest absolute Gasteiger partial charge is 0.508 e. The highest BCUT2D eigenvalue weighted by Gasteiger charge is 2.42. The molecule has 27 heavy (non-hydrogen) atoms. The number of hydrogen-bond acceptors (Lipinski definition) is 3. The normalized spacial score (nSPS) is 25.7. The zero-order chi connectivity index (χ0) is 19.7. The van der Waals surface area contributed by atoms with Gasteiger partial charge in [-0.05, 0) is 54.5 Å². The van der Waals surface area contributed by atoms with Crippen LogP contribution in [0.3, 0.4) is 0 Å². The Bertz CT molecular complexity index is 806. The summed E-state index contributed by atoms with van der Waals surface area (Å²) in [4.78, 5) is 14.4. The zero-order valence-electron chi connectivity index (χ0n) is 16.4. The van der Waals surface area contributed by atoms with E-state index in [4.69, 9.17) is 0 Å². The molecule has 1 aliphatic rings. The molecule has 0 radical (unpaired) electrons. The first-order valence-electron chi connectivity index (χ1n) is 9.56. The molecule has 2 aromatic carbocycles. The van der Waals surface area contributed by atoms with Crippen molar-refractivity contribution < 1.29 is 15.0 Å². The maximum atomic E-state index is 12.1. The summed E-state index contributed by atoms with van der Waals surface area (Å²) in [6.07, 6.45) is 0.933. The van der Waals surface area contributed by atoms with Crippen molar-refractivity contribution in [2.24, 2.45) is 5.92 Å². The van der Waals surface area contributed by atoms with Gasteiger partial charge in [-0.15, -0.1) is 0 Å². The van der Waals surface area contributed by atoms with Crippen molar-refractivity contribution >= 4 is 5.97 Å². The van der Waals surface area contributed by atoms with Gasteiger partial charge in [0.2, 0.25) is 0 Å². The minimum Gasteiger partial charge on any atom is -0.508 e. The van der Waals surface area contributed by atoms with Crippen molar-refractivity contribution in [3.63, 3.8) is 0 Å². The van der Waals surface area contributed by atoms with E-state index in [1.54, 1.807) is 6.07 Å². The molecule has 2 N–H and O–H groups in total. The lowest BCUT2D eigenvalue weighted by Gasteiger charge is -2.46. The third-order valence-corrected chi connectivity index (χ3v) is 6.50. The molecule has 144 valence electrons. The zero-order valence-corrected chi connectivity index (χ0v) is 16.4. The molecular weight excluding hydrogens is 338 g/mol. The fourth-order valence-electron chi connectivity index (χ4n) is 4.29. The first-order chi connectivity index (χ1) is 12.8. The third kappa shape index (κ3) is 3.72. The van der Waals surface area contributed by atoms with Crippen LogP contribution < -0.4 is 0 Å². The Hall–Kier alpha value is -2.33. The van der Waals surface area contributed by atoms with Crippen LogP contribution in [0.15, 0.2) is 54.6 Å². The second-order valence-corrected chi connectivity index (χ2v) is 8.36. The number of carboxylic acid groups (broad SMARTS) is 1. The standard InChI is InChI=1S/C23H29NO3/c1-17-15-24(13-12-22(17,2)19-10-7-11-20(25)14-19)16-23(3,21(26)27)18-8-5-4-6-9-18/h4-11,14,17,25H,12-13,15-16H2,1-3H3,(H,26,27). The second kappa shape index (κ2) is 7.35. The van der Waals surface area contributed by atoms with E-state index in [0.29, 0.717) is 18.2 Å². The minimum absolute atomic E-state index is 0.0262. The molecular formula is C23H29NO3. The molecule has 0 saturated carbocycles. The van der Waals surface area contributed by atoms with Gasteiger partial charge < -0.3 is 15.1 Å². The topological polar surface area (TPSA) is 60.8 Å². The van der Waals surface area contributed by atoms with Crippen LogP contribution in [0.4, 0.5) is 0 Å². The second-order valence-electron chi connectivity index (χ2n) is 8.36. The van der Waals surface area contributed by atoms with Crippen LogP contribution in [0.1, 0.15) is 38.3 Å². The third-order valence-electron chi connectivity index (χ3n) is 6.50. The number of hydrogen-bond donors (Lipinski definition) is 2. The summed E-state index contributed by atoms with van der Waals surface area (Å²) in [5.41, 5.74) is 1.03. The number of rotatable bonds is 5. The molecule has 1 heterocycles. The number of phenols is 1. The lowest BCUT2D eigenvalue weighted by molar-refractivity contribution is -0.144. The Morgan fingerprint density at radius 2 is 1.93 bits per heavy atom. The van der Waals surface area contributed by atoms with E-state index in [-0.39, 0.29) is 5.41 Å². The highest BCUT2D eigenvalue weighted by atomic mass is 16.4. The Labute approximate surface area is 161 Å². The molecule has 3 atom stereocenters. The van der Waals surface area contributed by atoms with Crippen molar-refractivity contribution in [1.29, 1.82) is 0 Å². The highest BCUT2D eigenvalue weighted by molar-refractivity contribution is 5.81. The predicted octanol–water partition coefficient (Wildman–Crippen LogP) is 4.03.